The van der Waals surface area contributed by atoms with Crippen LogP contribution < -0.4 is 34.2 Å². The number of rotatable bonds is 62. The number of carboxylic acid groups (broad SMARTS) is 1. The number of carbonyl (C=O) groups is 6. The van der Waals surface area contributed by atoms with Crippen LogP contribution in [0.25, 0.3) is 0 Å². The average molecular weight is 1540 g/mol. The molecule has 5 N–H and O–H groups in total. The van der Waals surface area contributed by atoms with Crippen LogP contribution in [0.2, 0.25) is 0 Å². The Balaban J connectivity index is 0.00000176. The van der Waals surface area contributed by atoms with Crippen molar-refractivity contribution < 1.29 is 118 Å². The highest BCUT2D eigenvalue weighted by atomic mass is 31.2. The van der Waals surface area contributed by atoms with Crippen LogP contribution in [0.15, 0.2) is 24.3 Å². The largest absolute Gasteiger partial charge is 0.478 e. The Bertz CT molecular complexity index is 3140. The maximum absolute atomic E-state index is 13.0. The molecule has 0 aliphatic heterocycles. The third kappa shape index (κ3) is 54.1. The van der Waals surface area contributed by atoms with Gasteiger partial charge < -0.3 is 68.0 Å². The Morgan fingerprint density at radius 1 is 0.402 bits per heavy atom. The smallest absolute Gasteiger partial charge is 0.472 e. The third-order valence-corrected chi connectivity index (χ3v) is 16.9. The number of benzene rings is 2. The summed E-state index contributed by atoms with van der Waals surface area (Å²) in [5.74, 6) is 10.9. The number of phosphoric ester groups is 2. The summed E-state index contributed by atoms with van der Waals surface area (Å²) in [4.78, 5) is 90.8. The fourth-order valence-corrected chi connectivity index (χ4v) is 11.4. The van der Waals surface area contributed by atoms with Crippen LogP contribution in [0.4, 0.5) is 0 Å². The number of hydrogen-bond donors (Lipinski definition) is 4. The highest BCUT2D eigenvalue weighted by molar-refractivity contribution is 7.47. The zero-order valence-corrected chi connectivity index (χ0v) is 64.9. The van der Waals surface area contributed by atoms with E-state index in [4.69, 9.17) is 110 Å². The van der Waals surface area contributed by atoms with E-state index in [2.05, 4.69) is 53.9 Å². The number of hydrogen-bond acceptors (Lipinski definition) is 23. The molecule has 0 saturated heterocycles. The molecular weight excluding hydrogens is 1420 g/mol. The van der Waals surface area contributed by atoms with Gasteiger partial charge in [-0.2, -0.15) is 0 Å². The molecule has 28 heteroatoms. The van der Waals surface area contributed by atoms with Crippen LogP contribution in [0.1, 0.15) is 241 Å². The van der Waals surface area contributed by atoms with Gasteiger partial charge in [-0.05, 0) is 43.5 Å². The molecule has 0 fully saturated rings. The number of nitrogens with two attached hydrogens (primary N) is 1. The second-order valence-electron chi connectivity index (χ2n) is 24.2. The maximum Gasteiger partial charge on any atom is 0.472 e. The van der Waals surface area contributed by atoms with Crippen molar-refractivity contribution in [3.8, 4) is 109 Å². The molecule has 0 amide bonds. The van der Waals surface area contributed by atoms with Crippen molar-refractivity contribution in [3.05, 3.63) is 35.4 Å². The van der Waals surface area contributed by atoms with Gasteiger partial charge in [0.2, 0.25) is 11.5 Å². The quantitative estimate of drug-likeness (QED) is 0.0119. The lowest BCUT2D eigenvalue weighted by atomic mass is 10.0. The van der Waals surface area contributed by atoms with E-state index in [1.54, 1.807) is 0 Å². The van der Waals surface area contributed by atoms with E-state index in [1.807, 2.05) is 0 Å². The summed E-state index contributed by atoms with van der Waals surface area (Å²) < 4.78 is 96.4. The second-order valence-corrected chi connectivity index (χ2v) is 27.1. The lowest BCUT2D eigenvalue weighted by molar-refractivity contribution is -0.159. The molecule has 0 aromatic heterocycles. The van der Waals surface area contributed by atoms with E-state index in [1.165, 1.54) is 153 Å². The first-order valence-corrected chi connectivity index (χ1v) is 39.6. The molecule has 0 radical (unpaired) electrons. The molecule has 2 aromatic rings. The Labute approximate surface area is 634 Å². The second kappa shape index (κ2) is 64.9. The fraction of sp³-hybridized carbons (Fsp3) is 0.620. The first-order valence-electron chi connectivity index (χ1n) is 36.6. The summed E-state index contributed by atoms with van der Waals surface area (Å²) in [6, 6.07) is 5.37. The molecule has 0 aliphatic rings. The molecule has 0 spiro atoms. The zero-order chi connectivity index (χ0) is 79.6. The predicted molar refractivity (Wildman–Crippen MR) is 406 cm³/mol. The van der Waals surface area contributed by atoms with E-state index in [0.717, 1.165) is 45.4 Å². The van der Waals surface area contributed by atoms with Crippen LogP contribution in [0.3, 0.4) is 0 Å². The zero-order valence-electron chi connectivity index (χ0n) is 63.1. The van der Waals surface area contributed by atoms with Gasteiger partial charge in [0.15, 0.2) is 41.0 Å². The van der Waals surface area contributed by atoms with Crippen LogP contribution >= 0.6 is 15.6 Å². The molecule has 2 rings (SSSR count). The summed E-state index contributed by atoms with van der Waals surface area (Å²) in [5.41, 5.74) is 5.33. The minimum absolute atomic E-state index is 0.0351. The number of ether oxygens (including phenoxy) is 10. The van der Waals surface area contributed by atoms with Gasteiger partial charge in [0.25, 0.3) is 0 Å². The van der Waals surface area contributed by atoms with E-state index in [9.17, 15) is 47.7 Å². The van der Waals surface area contributed by atoms with Gasteiger partial charge in [0.1, 0.15) is 52.9 Å². The Hall–Kier alpha value is -8.20. The molecular formula is C79H115NO25P2. The number of esters is 4. The molecule has 0 saturated carbocycles. The maximum atomic E-state index is 13.0. The fourth-order valence-electron chi connectivity index (χ4n) is 9.80. The summed E-state index contributed by atoms with van der Waals surface area (Å²) in [6.07, 6.45) is 61.0. The minimum atomic E-state index is -4.62. The molecule has 0 heterocycles. The van der Waals surface area contributed by atoms with Crippen molar-refractivity contribution in [2.75, 3.05) is 85.8 Å². The molecule has 4 atom stereocenters. The van der Waals surface area contributed by atoms with Crippen LogP contribution in [-0.2, 0) is 65.4 Å². The lowest BCUT2D eigenvalue weighted by Gasteiger charge is -2.19. The molecule has 26 nitrogen and oxygen atoms in total. The molecule has 0 aliphatic carbocycles. The van der Waals surface area contributed by atoms with Crippen molar-refractivity contribution in [3.63, 3.8) is 0 Å². The number of Topliss-reactive ketones (excluding diaryl/α,β-unsaturated/α-hetero) is 1. The van der Waals surface area contributed by atoms with Gasteiger partial charge in [-0.15, -0.1) is 38.5 Å². The van der Waals surface area contributed by atoms with Gasteiger partial charge >= 0.3 is 45.5 Å². The van der Waals surface area contributed by atoms with Gasteiger partial charge in [-0.1, -0.05) is 203 Å². The number of unbranched alkanes of at least 4 members (excludes halogenated alkanes) is 24. The number of aromatic carboxylic acids is 1. The van der Waals surface area contributed by atoms with Crippen LogP contribution in [-0.4, -0.2) is 149 Å². The van der Waals surface area contributed by atoms with E-state index in [-0.39, 0.29) is 150 Å². The summed E-state index contributed by atoms with van der Waals surface area (Å²) >= 11 is 0. The van der Waals surface area contributed by atoms with E-state index in [0.29, 0.717) is 6.42 Å². The number of terminal acetylenes is 6. The monoisotopic (exact) mass is 1540 g/mol. The Morgan fingerprint density at radius 3 is 0.981 bits per heavy atom. The standard InChI is InChI=1S/C40H57O12P.C23H46NO8P.C16H12O5/c1-6-10-11-12-13-14-15-16-17-18-19-20-21-24-39(43)49-31-35(52-33(5)41)32-51-53(44,45)50-28-22-23-36(42)34-29-37(46-25-7-2)40(48-27-9-4)38(30-34)47-26-8-3;1-3-4-5-6-7-8-9-10-11-12-13-14-15-16-23(26)29-19-22(32-21(2)25)20-31-33(27,28)30-18-17-24;1-4-7-19-13-10-12(16(17)18)11-14(20-8-5-2)15(13)21-9-6-3/h2-4,29-30,35H,6,10-28,31-32H2,1,5H3,(H,44,45);22H,3-20,24H2,1-2H3,(H,27,28);1-3,10-11H,7-9H2,(H,17,18)/t35-;22-;/m11./s1. The average Bonchev–Trinajstić information content (AvgIpc) is 0.823. The summed E-state index contributed by atoms with van der Waals surface area (Å²) in [5, 5.41) is 9.09. The first-order chi connectivity index (χ1) is 51.5. The van der Waals surface area contributed by atoms with Crippen LogP contribution in [0, 0.1) is 74.1 Å². The van der Waals surface area contributed by atoms with Crippen molar-refractivity contribution in [1.82, 2.24) is 0 Å². The van der Waals surface area contributed by atoms with Gasteiger partial charge in [-0.3, -0.25) is 42.1 Å². The Kier molecular flexibility index (Phi) is 60.0. The number of phosphoric acid groups is 2. The van der Waals surface area contributed by atoms with Crippen molar-refractivity contribution in [2.24, 2.45) is 5.73 Å². The van der Waals surface area contributed by atoms with E-state index < -0.39 is 70.9 Å². The number of carbonyl (C=O) groups excluding carboxylic acids is 5. The molecule has 107 heavy (non-hydrogen) atoms. The van der Waals surface area contributed by atoms with Gasteiger partial charge in [0.05, 0.1) is 32.0 Å². The van der Waals surface area contributed by atoms with Gasteiger partial charge in [0, 0.05) is 45.2 Å². The molecule has 2 unspecified atom stereocenters. The molecule has 2 aromatic carbocycles. The predicted octanol–water partition coefficient (Wildman–Crippen LogP) is 14.2. The molecule has 596 valence electrons. The lowest BCUT2D eigenvalue weighted by Crippen LogP contribution is -2.28. The molecule has 0 bridgehead atoms. The summed E-state index contributed by atoms with van der Waals surface area (Å²) in [6.45, 7) is 4.23. The van der Waals surface area contributed by atoms with Crippen LogP contribution in [0.5, 0.6) is 34.5 Å². The number of carboxylic acids is 1. The third-order valence-electron chi connectivity index (χ3n) is 15.0. The Morgan fingerprint density at radius 2 is 0.692 bits per heavy atom. The van der Waals surface area contributed by atoms with Gasteiger partial charge in [-0.25, -0.2) is 13.9 Å². The minimum Gasteiger partial charge on any atom is -0.478 e. The first kappa shape index (κ1) is 98.8. The SMILES string of the molecule is C#CCOc1cc(C(=O)CCCOP(=O)(O)OC[C@@H](COC(=O)CCCCCCCCCCCCCCC)OC(C)=O)cc(OCC#C)c1OCC#C.C#CCOc1cc(C(=O)O)cc(OCC#C)c1OCC#C.CCCCCCCCCCCCCCCC(=O)OC[C@H](COP(=O)(O)OCCN)OC(C)=O. The number of ketones is 1. The van der Waals surface area contributed by atoms with Crippen molar-refractivity contribution in [1.29, 1.82) is 0 Å². The normalized spacial score (nSPS) is 12.1. The highest BCUT2D eigenvalue weighted by Crippen LogP contribution is 2.45. The van der Waals surface area contributed by atoms with Crippen molar-refractivity contribution >= 4 is 51.3 Å². The van der Waals surface area contributed by atoms with E-state index >= 15 is 0 Å². The summed E-state index contributed by atoms with van der Waals surface area (Å²) in [7, 11) is -8.93. The highest BCUT2D eigenvalue weighted by Gasteiger charge is 2.28. The van der Waals surface area contributed by atoms with Crippen molar-refractivity contribution in [2.45, 2.75) is 233 Å². The topological polar surface area (TPSA) is 352 Å².